The second-order valence-corrected chi connectivity index (χ2v) is 5.83. The maximum Gasteiger partial charge on any atom is 0.0240 e. The van der Waals surface area contributed by atoms with Crippen molar-refractivity contribution >= 4 is 0 Å². The highest BCUT2D eigenvalue weighted by atomic mass is 15.1. The predicted molar refractivity (Wildman–Crippen MR) is 90.0 cm³/mol. The van der Waals surface area contributed by atoms with Gasteiger partial charge in [0.1, 0.15) is 0 Å². The zero-order valence-electron chi connectivity index (χ0n) is 13.3. The molecular weight excluding hydrogens is 256 g/mol. The van der Waals surface area contributed by atoms with E-state index in [2.05, 4.69) is 78.7 Å². The van der Waals surface area contributed by atoms with Crippen LogP contribution >= 0.6 is 0 Å². The molecule has 21 heavy (non-hydrogen) atoms. The van der Waals surface area contributed by atoms with Gasteiger partial charge in [-0.2, -0.15) is 0 Å². The van der Waals surface area contributed by atoms with Crippen LogP contribution in [0.25, 0.3) is 0 Å². The smallest absolute Gasteiger partial charge is 0.0240 e. The van der Waals surface area contributed by atoms with Crippen LogP contribution in [0.15, 0.2) is 54.6 Å². The Hall–Kier alpha value is -1.64. The van der Waals surface area contributed by atoms with Gasteiger partial charge >= 0.3 is 0 Å². The van der Waals surface area contributed by atoms with Crippen molar-refractivity contribution in [3.8, 4) is 0 Å². The molecule has 2 rings (SSSR count). The van der Waals surface area contributed by atoms with Crippen molar-refractivity contribution in [1.29, 1.82) is 0 Å². The molecule has 0 bridgehead atoms. The summed E-state index contributed by atoms with van der Waals surface area (Å²) in [6, 6.07) is 20.1. The summed E-state index contributed by atoms with van der Waals surface area (Å²) in [6.45, 7) is 7.44. The Bertz CT molecular complexity index is 534. The quantitative estimate of drug-likeness (QED) is 0.830. The molecule has 0 amide bonds. The van der Waals surface area contributed by atoms with Crippen molar-refractivity contribution in [2.24, 2.45) is 0 Å². The molecule has 0 aliphatic heterocycles. The molecule has 2 heteroatoms. The molecule has 0 aliphatic carbocycles. The van der Waals surface area contributed by atoms with Gasteiger partial charge in [-0.05, 0) is 37.6 Å². The lowest BCUT2D eigenvalue weighted by Crippen LogP contribution is -2.29. The topological polar surface area (TPSA) is 15.3 Å². The molecule has 1 N–H and O–H groups in total. The summed E-state index contributed by atoms with van der Waals surface area (Å²) in [6.07, 6.45) is 0. The molecule has 2 aromatic carbocycles. The van der Waals surface area contributed by atoms with Crippen LogP contribution in [-0.4, -0.2) is 18.0 Å². The van der Waals surface area contributed by atoms with Gasteiger partial charge in [-0.3, -0.25) is 4.90 Å². The third kappa shape index (κ3) is 5.00. The Morgan fingerprint density at radius 1 is 0.857 bits per heavy atom. The van der Waals surface area contributed by atoms with Gasteiger partial charge in [0.25, 0.3) is 0 Å². The van der Waals surface area contributed by atoms with Crippen LogP contribution in [0.5, 0.6) is 0 Å². The van der Waals surface area contributed by atoms with Crippen LogP contribution in [-0.2, 0) is 19.6 Å². The first-order valence-electron chi connectivity index (χ1n) is 7.69. The average molecular weight is 282 g/mol. The highest BCUT2D eigenvalue weighted by Gasteiger charge is 2.11. The Morgan fingerprint density at radius 2 is 1.48 bits per heavy atom. The summed E-state index contributed by atoms with van der Waals surface area (Å²) in [5.74, 6) is 0. The van der Waals surface area contributed by atoms with E-state index in [4.69, 9.17) is 0 Å². The molecule has 0 unspecified atom stereocenters. The van der Waals surface area contributed by atoms with Gasteiger partial charge in [-0.25, -0.2) is 0 Å². The molecule has 0 saturated carbocycles. The molecule has 0 spiro atoms. The SMILES string of the molecule is CNCc1cccc(CN(Cc2ccccc2)C(C)C)c1. The van der Waals surface area contributed by atoms with E-state index in [1.54, 1.807) is 0 Å². The van der Waals surface area contributed by atoms with Gasteiger partial charge in [0.05, 0.1) is 0 Å². The Labute approximate surface area is 128 Å². The monoisotopic (exact) mass is 282 g/mol. The Balaban J connectivity index is 2.07. The maximum atomic E-state index is 3.21. The number of nitrogens with zero attached hydrogens (tertiary/aromatic N) is 1. The summed E-state index contributed by atoms with van der Waals surface area (Å²) in [5, 5.41) is 3.21. The standard InChI is InChI=1S/C19H26N2/c1-16(2)21(14-17-8-5-4-6-9-17)15-19-11-7-10-18(12-19)13-20-3/h4-12,16,20H,13-15H2,1-3H3. The molecule has 0 fully saturated rings. The molecule has 0 atom stereocenters. The molecule has 0 aromatic heterocycles. The number of nitrogens with one attached hydrogen (secondary N) is 1. The number of hydrogen-bond donors (Lipinski definition) is 1. The molecular formula is C19H26N2. The summed E-state index contributed by atoms with van der Waals surface area (Å²) in [4.78, 5) is 2.51. The highest BCUT2D eigenvalue weighted by Crippen LogP contribution is 2.14. The van der Waals surface area contributed by atoms with E-state index in [0.29, 0.717) is 6.04 Å². The van der Waals surface area contributed by atoms with E-state index in [-0.39, 0.29) is 0 Å². The lowest BCUT2D eigenvalue weighted by atomic mass is 10.1. The average Bonchev–Trinajstić information content (AvgIpc) is 2.48. The van der Waals surface area contributed by atoms with Crippen molar-refractivity contribution in [2.45, 2.75) is 39.5 Å². The van der Waals surface area contributed by atoms with E-state index in [1.165, 1.54) is 16.7 Å². The van der Waals surface area contributed by atoms with E-state index in [1.807, 2.05) is 7.05 Å². The molecule has 0 heterocycles. The van der Waals surface area contributed by atoms with E-state index >= 15 is 0 Å². The number of hydrogen-bond acceptors (Lipinski definition) is 2. The number of benzene rings is 2. The predicted octanol–water partition coefficient (Wildman–Crippen LogP) is 3.82. The first-order chi connectivity index (χ1) is 10.2. The van der Waals surface area contributed by atoms with Crippen molar-refractivity contribution < 1.29 is 0 Å². The van der Waals surface area contributed by atoms with Gasteiger partial charge in [-0.1, -0.05) is 54.6 Å². The Morgan fingerprint density at radius 3 is 2.14 bits per heavy atom. The Kier molecular flexibility index (Phi) is 5.97. The molecule has 2 nitrogen and oxygen atoms in total. The van der Waals surface area contributed by atoms with Crippen LogP contribution in [0.2, 0.25) is 0 Å². The fourth-order valence-electron chi connectivity index (χ4n) is 2.52. The van der Waals surface area contributed by atoms with Crippen LogP contribution in [0.3, 0.4) is 0 Å². The lowest BCUT2D eigenvalue weighted by molar-refractivity contribution is 0.203. The fraction of sp³-hybridized carbons (Fsp3) is 0.368. The van der Waals surface area contributed by atoms with Gasteiger partial charge in [-0.15, -0.1) is 0 Å². The van der Waals surface area contributed by atoms with Gasteiger partial charge in [0.2, 0.25) is 0 Å². The summed E-state index contributed by atoms with van der Waals surface area (Å²) < 4.78 is 0. The van der Waals surface area contributed by atoms with Crippen LogP contribution < -0.4 is 5.32 Å². The van der Waals surface area contributed by atoms with E-state index in [0.717, 1.165) is 19.6 Å². The molecule has 0 aliphatic rings. The minimum atomic E-state index is 0.526. The molecule has 0 saturated heterocycles. The van der Waals surface area contributed by atoms with Crippen molar-refractivity contribution in [2.75, 3.05) is 7.05 Å². The fourth-order valence-corrected chi connectivity index (χ4v) is 2.52. The first kappa shape index (κ1) is 15.7. The van der Waals surface area contributed by atoms with Crippen molar-refractivity contribution in [3.05, 3.63) is 71.3 Å². The number of rotatable bonds is 7. The van der Waals surface area contributed by atoms with E-state index < -0.39 is 0 Å². The maximum absolute atomic E-state index is 3.21. The van der Waals surface area contributed by atoms with Gasteiger partial charge in [0.15, 0.2) is 0 Å². The molecule has 2 aromatic rings. The second-order valence-electron chi connectivity index (χ2n) is 5.83. The summed E-state index contributed by atoms with van der Waals surface area (Å²) >= 11 is 0. The normalized spacial score (nSPS) is 11.3. The van der Waals surface area contributed by atoms with Gasteiger partial charge < -0.3 is 5.32 Å². The third-order valence-electron chi connectivity index (χ3n) is 3.72. The zero-order chi connectivity index (χ0) is 15.1. The highest BCUT2D eigenvalue weighted by molar-refractivity contribution is 5.23. The van der Waals surface area contributed by atoms with Crippen molar-refractivity contribution in [3.63, 3.8) is 0 Å². The molecule has 112 valence electrons. The molecule has 0 radical (unpaired) electrons. The summed E-state index contributed by atoms with van der Waals surface area (Å²) in [5.41, 5.74) is 4.10. The summed E-state index contributed by atoms with van der Waals surface area (Å²) in [7, 11) is 1.99. The van der Waals surface area contributed by atoms with Crippen LogP contribution in [0, 0.1) is 0 Å². The van der Waals surface area contributed by atoms with Crippen LogP contribution in [0.1, 0.15) is 30.5 Å². The van der Waals surface area contributed by atoms with Gasteiger partial charge in [0, 0.05) is 25.7 Å². The zero-order valence-corrected chi connectivity index (χ0v) is 13.3. The third-order valence-corrected chi connectivity index (χ3v) is 3.72. The lowest BCUT2D eigenvalue weighted by Gasteiger charge is -2.27. The first-order valence-corrected chi connectivity index (χ1v) is 7.69. The second kappa shape index (κ2) is 7.96. The van der Waals surface area contributed by atoms with Crippen LogP contribution in [0.4, 0.5) is 0 Å². The van der Waals surface area contributed by atoms with E-state index in [9.17, 15) is 0 Å². The largest absolute Gasteiger partial charge is 0.316 e. The minimum absolute atomic E-state index is 0.526. The minimum Gasteiger partial charge on any atom is -0.316 e. The van der Waals surface area contributed by atoms with Crippen molar-refractivity contribution in [1.82, 2.24) is 10.2 Å².